The first kappa shape index (κ1) is 85.6. The molecule has 0 bridgehead atoms. The molecule has 0 heterocycles. The summed E-state index contributed by atoms with van der Waals surface area (Å²) in [4.78, 5) is 43.4. The normalized spacial score (nSPS) is 9.90. The summed E-state index contributed by atoms with van der Waals surface area (Å²) in [5.41, 5.74) is 0. The van der Waals surface area contributed by atoms with E-state index in [1.807, 2.05) is 0 Å². The first-order valence-electron chi connectivity index (χ1n) is 25.3. The van der Waals surface area contributed by atoms with E-state index in [-0.39, 0.29) is 34.4 Å². The zero-order valence-electron chi connectivity index (χ0n) is 41.5. The lowest BCUT2D eigenvalue weighted by atomic mass is 10.1. The highest BCUT2D eigenvalue weighted by Crippen LogP contribution is 2.14. The highest BCUT2D eigenvalue weighted by atomic mass is 32.1. The van der Waals surface area contributed by atoms with E-state index in [2.05, 4.69) is 78.2 Å². The molecular weight excluding hydrogens is 939 g/mol. The van der Waals surface area contributed by atoms with Crippen molar-refractivity contribution in [1.82, 2.24) is 0 Å². The molecule has 0 rings (SSSR count). The first-order valence-corrected chi connectivity index (χ1v) is 30.2. The molecule has 0 saturated carbocycles. The fourth-order valence-corrected chi connectivity index (χ4v) is 7.29. The van der Waals surface area contributed by atoms with Crippen LogP contribution in [0.25, 0.3) is 0 Å². The Labute approximate surface area is 436 Å². The molecule has 6 nitrogen and oxygen atoms in total. The molecule has 0 aromatic rings. The standard InChI is InChI=1S/4C12H26S.CH4.2H3O3P.2H2S/c4*1-2-3-4-5-6-7-8-9-10-11-12-13;;2*1-4(2)3;;/h4*13H,2-12H2,1H3;1H4;2*1-3H;2*1H2. The third-order valence-electron chi connectivity index (χ3n) is 10.0. The maximum Gasteiger partial charge on any atom is 0.324 e. The van der Waals surface area contributed by atoms with Crippen LogP contribution in [0.1, 0.15) is 292 Å². The molecule has 6 N–H and O–H groups in total. The summed E-state index contributed by atoms with van der Waals surface area (Å²) < 4.78 is 0. The van der Waals surface area contributed by atoms with Gasteiger partial charge in [0.2, 0.25) is 0 Å². The third kappa shape index (κ3) is 140. The Morgan fingerprint density at radius 3 is 0.381 bits per heavy atom. The van der Waals surface area contributed by atoms with Gasteiger partial charge >= 0.3 is 17.2 Å². The molecule has 0 atom stereocenters. The lowest BCUT2D eigenvalue weighted by Crippen LogP contribution is -1.81. The van der Waals surface area contributed by atoms with Crippen LogP contribution in [-0.2, 0) is 0 Å². The molecule has 14 heteroatoms. The van der Waals surface area contributed by atoms with Gasteiger partial charge < -0.3 is 29.4 Å². The van der Waals surface area contributed by atoms with Crippen molar-refractivity contribution in [3.63, 3.8) is 0 Å². The van der Waals surface area contributed by atoms with Crippen LogP contribution >= 0.6 is 94.7 Å². The van der Waals surface area contributed by atoms with Crippen LogP contribution < -0.4 is 0 Å². The topological polar surface area (TPSA) is 121 Å². The minimum atomic E-state index is -2.62. The molecule has 0 aromatic carbocycles. The Balaban J connectivity index is -0.0000000819. The molecule has 0 saturated heterocycles. The lowest BCUT2D eigenvalue weighted by Gasteiger charge is -2.00. The minimum absolute atomic E-state index is 0. The van der Waals surface area contributed by atoms with Crippen molar-refractivity contribution < 1.29 is 29.4 Å². The summed E-state index contributed by atoms with van der Waals surface area (Å²) in [7, 11) is -5.24. The second-order valence-corrected chi connectivity index (χ2v) is 19.0. The molecule has 396 valence electrons. The SMILES string of the molecule is C.CCCCCCCCCCCCS.CCCCCCCCCCCCS.CCCCCCCCCCCCS.CCCCCCCCCCCCS.OP(O)O.OP(O)O.S.S. The molecule has 0 amide bonds. The molecule has 0 aromatic heterocycles. The van der Waals surface area contributed by atoms with E-state index in [0.29, 0.717) is 0 Å². The van der Waals surface area contributed by atoms with Gasteiger partial charge in [0.15, 0.2) is 0 Å². The van der Waals surface area contributed by atoms with Gasteiger partial charge in [-0.05, 0) is 48.7 Å². The van der Waals surface area contributed by atoms with E-state index in [0.717, 1.165) is 23.0 Å². The van der Waals surface area contributed by atoms with E-state index in [1.165, 1.54) is 257 Å². The second-order valence-electron chi connectivity index (χ2n) is 16.2. The zero-order valence-corrected chi connectivity index (χ0v) is 48.8. The van der Waals surface area contributed by atoms with E-state index in [1.54, 1.807) is 0 Å². The summed E-state index contributed by atoms with van der Waals surface area (Å²) in [6.07, 6.45) is 56.7. The fraction of sp³-hybridized carbons (Fsp3) is 1.00. The molecule has 63 heavy (non-hydrogen) atoms. The third-order valence-corrected chi connectivity index (χ3v) is 11.3. The number of thiol groups is 4. The minimum Gasteiger partial charge on any atom is -0.328 e. The van der Waals surface area contributed by atoms with Crippen molar-refractivity contribution in [3.8, 4) is 0 Å². The number of hydrogen-bond acceptors (Lipinski definition) is 10. The monoisotopic (exact) mass is 1060 g/mol. The van der Waals surface area contributed by atoms with Gasteiger partial charge in [0.1, 0.15) is 0 Å². The average Bonchev–Trinajstić information content (AvgIpc) is 3.22. The van der Waals surface area contributed by atoms with Gasteiger partial charge in [0, 0.05) is 0 Å². The van der Waals surface area contributed by atoms with E-state index >= 15 is 0 Å². The van der Waals surface area contributed by atoms with Crippen molar-refractivity contribution in [1.29, 1.82) is 0 Å². The van der Waals surface area contributed by atoms with Gasteiger partial charge in [0.05, 0.1) is 0 Å². The van der Waals surface area contributed by atoms with Gasteiger partial charge in [0.25, 0.3) is 0 Å². The van der Waals surface area contributed by atoms with Crippen molar-refractivity contribution >= 4 is 94.7 Å². The van der Waals surface area contributed by atoms with Gasteiger partial charge in [-0.15, -0.1) is 0 Å². The Hall–Kier alpha value is 2.72. The summed E-state index contributed by atoms with van der Waals surface area (Å²) in [6.45, 7) is 9.10. The van der Waals surface area contributed by atoms with E-state index in [4.69, 9.17) is 29.4 Å². The van der Waals surface area contributed by atoms with Crippen LogP contribution in [0, 0.1) is 0 Å². The average molecular weight is 1060 g/mol. The Kier molecular flexibility index (Phi) is 128. The van der Waals surface area contributed by atoms with Crippen molar-refractivity contribution in [2.75, 3.05) is 23.0 Å². The molecule has 0 fully saturated rings. The molecule has 0 spiro atoms. The van der Waals surface area contributed by atoms with Crippen LogP contribution in [0.5, 0.6) is 0 Å². The zero-order chi connectivity index (χ0) is 46.3. The summed E-state index contributed by atoms with van der Waals surface area (Å²) in [5.74, 6) is 4.26. The van der Waals surface area contributed by atoms with Crippen LogP contribution in [0.3, 0.4) is 0 Å². The Morgan fingerprint density at radius 1 is 0.222 bits per heavy atom. The lowest BCUT2D eigenvalue weighted by molar-refractivity contribution is 0.366. The molecule has 0 aliphatic rings. The largest absolute Gasteiger partial charge is 0.328 e. The van der Waals surface area contributed by atoms with Crippen LogP contribution in [-0.4, -0.2) is 52.4 Å². The summed E-state index contributed by atoms with van der Waals surface area (Å²) >= 11 is 16.8. The number of rotatable bonds is 40. The van der Waals surface area contributed by atoms with Gasteiger partial charge in [-0.3, -0.25) is 0 Å². The van der Waals surface area contributed by atoms with Gasteiger partial charge in [-0.1, -0.05) is 266 Å². The van der Waals surface area contributed by atoms with Crippen LogP contribution in [0.15, 0.2) is 0 Å². The van der Waals surface area contributed by atoms with Crippen molar-refractivity contribution in [2.24, 2.45) is 0 Å². The maximum absolute atomic E-state index is 7.23. The first-order chi connectivity index (χ1) is 29.1. The molecule has 0 aliphatic heterocycles. The van der Waals surface area contributed by atoms with Crippen LogP contribution in [0.2, 0.25) is 0 Å². The predicted molar refractivity (Wildman–Crippen MR) is 317 cm³/mol. The van der Waals surface area contributed by atoms with E-state index in [9.17, 15) is 0 Å². The quantitative estimate of drug-likeness (QED) is 0.0170. The van der Waals surface area contributed by atoms with E-state index < -0.39 is 17.2 Å². The van der Waals surface area contributed by atoms with Crippen molar-refractivity contribution in [2.45, 2.75) is 292 Å². The van der Waals surface area contributed by atoms with Crippen LogP contribution in [0.4, 0.5) is 0 Å². The highest BCUT2D eigenvalue weighted by Gasteiger charge is 1.94. The predicted octanol–water partition coefficient (Wildman–Crippen LogP) is 18.6. The van der Waals surface area contributed by atoms with Gasteiger partial charge in [-0.2, -0.15) is 77.5 Å². The fourth-order valence-electron chi connectivity index (χ4n) is 6.40. The van der Waals surface area contributed by atoms with Gasteiger partial charge in [-0.25, -0.2) is 0 Å². The second kappa shape index (κ2) is 94.5. The molecule has 0 radical (unpaired) electrons. The number of unbranched alkanes of at least 4 members (excludes halogenated alkanes) is 36. The highest BCUT2D eigenvalue weighted by molar-refractivity contribution is 7.80. The summed E-state index contributed by atoms with van der Waals surface area (Å²) in [5, 5.41) is 0. The number of hydrogen-bond donors (Lipinski definition) is 10. The molecular formula is C49H118O6P2S6. The Bertz CT molecular complexity index is 489. The Morgan fingerprint density at radius 2 is 0.302 bits per heavy atom. The smallest absolute Gasteiger partial charge is 0.324 e. The van der Waals surface area contributed by atoms with Crippen molar-refractivity contribution in [3.05, 3.63) is 0 Å². The summed E-state index contributed by atoms with van der Waals surface area (Å²) in [6, 6.07) is 0. The maximum atomic E-state index is 7.23. The molecule has 0 unspecified atom stereocenters. The molecule has 0 aliphatic carbocycles.